The Kier molecular flexibility index (Phi) is 9.41. The van der Waals surface area contributed by atoms with Gasteiger partial charge in [0.05, 0.1) is 48.8 Å². The highest BCUT2D eigenvalue weighted by atomic mass is 32.2. The molecule has 0 aliphatic carbocycles. The number of methoxy groups -OCH3 is 2. The van der Waals surface area contributed by atoms with Crippen LogP contribution in [0, 0.1) is 5.82 Å². The number of halogens is 1. The van der Waals surface area contributed by atoms with Gasteiger partial charge in [0.15, 0.2) is 11.0 Å². The highest BCUT2D eigenvalue weighted by Gasteiger charge is 2.33. The van der Waals surface area contributed by atoms with Gasteiger partial charge in [-0.05, 0) is 71.1 Å². The van der Waals surface area contributed by atoms with Crippen LogP contribution in [0.3, 0.4) is 0 Å². The fourth-order valence-electron chi connectivity index (χ4n) is 5.05. The predicted molar refractivity (Wildman–Crippen MR) is 174 cm³/mol. The van der Waals surface area contributed by atoms with Crippen LogP contribution in [0.1, 0.15) is 39.1 Å². The van der Waals surface area contributed by atoms with Crippen LogP contribution in [-0.4, -0.2) is 57.3 Å². The number of hydrazone groups is 1. The van der Waals surface area contributed by atoms with Crippen LogP contribution in [0.4, 0.5) is 4.39 Å². The molecule has 2 amide bonds. The molecule has 13 heteroatoms. The van der Waals surface area contributed by atoms with Crippen LogP contribution < -0.4 is 14.8 Å². The second-order valence-corrected chi connectivity index (χ2v) is 12.0. The summed E-state index contributed by atoms with van der Waals surface area (Å²) in [5, 5.41) is 20.1. The Hall–Kier alpha value is -5.01. The van der Waals surface area contributed by atoms with Gasteiger partial charge >= 0.3 is 0 Å². The average molecular weight is 657 g/mol. The van der Waals surface area contributed by atoms with Crippen LogP contribution in [0.5, 0.6) is 11.5 Å². The van der Waals surface area contributed by atoms with Gasteiger partial charge in [0.25, 0.3) is 11.8 Å². The fraction of sp³-hybridized carbons (Fsp3) is 0.182. The number of benzene rings is 3. The lowest BCUT2D eigenvalue weighted by atomic mass is 9.98. The summed E-state index contributed by atoms with van der Waals surface area (Å²) in [5.74, 6) is 0.910. The molecule has 1 atom stereocenters. The van der Waals surface area contributed by atoms with Crippen molar-refractivity contribution in [2.45, 2.75) is 24.2 Å². The number of thioether (sulfide) groups is 1. The van der Waals surface area contributed by atoms with E-state index in [1.165, 1.54) is 40.2 Å². The minimum Gasteiger partial charge on any atom is -0.497 e. The molecule has 1 N–H and O–H groups in total. The molecular formula is C33H29FN6O4S2. The van der Waals surface area contributed by atoms with E-state index in [4.69, 9.17) is 14.6 Å². The molecule has 0 saturated carbocycles. The summed E-state index contributed by atoms with van der Waals surface area (Å²) in [7, 11) is 3.17. The van der Waals surface area contributed by atoms with Crippen molar-refractivity contribution >= 4 is 40.6 Å². The standard InChI is InChI=1S/C33H29FN6O4S2/c1-43-24-15-11-21(12-16-24)25-18-27(22-9-13-23(34)14-10-22)40(38-25)31(41)20-46-33-37-36-30(19-35-32(42)29-8-5-17-45-29)39(33)26-6-3-4-7-28(26)44-2/h3-17,27H,18-20H2,1-2H3,(H,35,42)/t27-/m1/s1. The van der Waals surface area contributed by atoms with E-state index < -0.39 is 6.04 Å². The molecule has 10 nitrogen and oxygen atoms in total. The van der Waals surface area contributed by atoms with Crippen molar-refractivity contribution in [2.24, 2.45) is 5.10 Å². The Morgan fingerprint density at radius 1 is 0.978 bits per heavy atom. The first-order valence-electron chi connectivity index (χ1n) is 14.3. The molecule has 2 aromatic heterocycles. The number of rotatable bonds is 11. The van der Waals surface area contributed by atoms with Gasteiger partial charge in [-0.1, -0.05) is 42.1 Å². The predicted octanol–water partition coefficient (Wildman–Crippen LogP) is 5.89. The molecule has 234 valence electrons. The second-order valence-electron chi connectivity index (χ2n) is 10.1. The van der Waals surface area contributed by atoms with Crippen molar-refractivity contribution < 1.29 is 23.5 Å². The topological polar surface area (TPSA) is 111 Å². The highest BCUT2D eigenvalue weighted by Crippen LogP contribution is 2.35. The van der Waals surface area contributed by atoms with E-state index in [0.29, 0.717) is 39.5 Å². The first kappa shape index (κ1) is 31.0. The Labute approximate surface area is 272 Å². The SMILES string of the molecule is COc1ccc(C2=NN(C(=O)CSc3nnc(CNC(=O)c4cccs4)n3-c3ccccc3OC)[C@@H](c3ccc(F)cc3)C2)cc1. The van der Waals surface area contributed by atoms with Gasteiger partial charge in [-0.2, -0.15) is 5.10 Å². The molecular weight excluding hydrogens is 628 g/mol. The van der Waals surface area contributed by atoms with Gasteiger partial charge in [-0.25, -0.2) is 9.40 Å². The third-order valence-corrected chi connectivity index (χ3v) is 9.13. The van der Waals surface area contributed by atoms with Crippen molar-refractivity contribution in [3.63, 3.8) is 0 Å². The quantitative estimate of drug-likeness (QED) is 0.177. The molecule has 0 fully saturated rings. The van der Waals surface area contributed by atoms with Gasteiger partial charge in [0.2, 0.25) is 0 Å². The number of carbonyl (C=O) groups excluding carboxylic acids is 2. The number of ether oxygens (including phenoxy) is 2. The summed E-state index contributed by atoms with van der Waals surface area (Å²) < 4.78 is 26.5. The Morgan fingerprint density at radius 3 is 2.48 bits per heavy atom. The van der Waals surface area contributed by atoms with Crippen LogP contribution >= 0.6 is 23.1 Å². The fourth-order valence-corrected chi connectivity index (χ4v) is 6.51. The van der Waals surface area contributed by atoms with E-state index in [1.54, 1.807) is 37.0 Å². The van der Waals surface area contributed by atoms with Crippen molar-refractivity contribution in [2.75, 3.05) is 20.0 Å². The van der Waals surface area contributed by atoms with E-state index in [2.05, 4.69) is 15.5 Å². The summed E-state index contributed by atoms with van der Waals surface area (Å²) >= 11 is 2.54. The molecule has 0 spiro atoms. The first-order valence-corrected chi connectivity index (χ1v) is 16.1. The molecule has 3 aromatic carbocycles. The van der Waals surface area contributed by atoms with Crippen LogP contribution in [0.25, 0.3) is 5.69 Å². The molecule has 0 radical (unpaired) electrons. The molecule has 0 unspecified atom stereocenters. The lowest BCUT2D eigenvalue weighted by Crippen LogP contribution is -2.28. The molecule has 0 saturated heterocycles. The maximum Gasteiger partial charge on any atom is 0.261 e. The third-order valence-electron chi connectivity index (χ3n) is 7.35. The minimum absolute atomic E-state index is 0.00801. The maximum absolute atomic E-state index is 13.8. The molecule has 1 aliphatic rings. The number of aromatic nitrogens is 3. The Morgan fingerprint density at radius 2 is 1.76 bits per heavy atom. The zero-order valence-electron chi connectivity index (χ0n) is 24.9. The normalized spacial score (nSPS) is 14.2. The number of nitrogens with zero attached hydrogens (tertiary/aromatic N) is 5. The van der Waals surface area contributed by atoms with Gasteiger partial charge in [0, 0.05) is 6.42 Å². The monoisotopic (exact) mass is 656 g/mol. The lowest BCUT2D eigenvalue weighted by Gasteiger charge is -2.22. The van der Waals surface area contributed by atoms with E-state index in [9.17, 15) is 14.0 Å². The second kappa shape index (κ2) is 14.0. The van der Waals surface area contributed by atoms with Gasteiger partial charge in [-0.15, -0.1) is 21.5 Å². The molecule has 0 bridgehead atoms. The average Bonchev–Trinajstić information content (AvgIpc) is 3.87. The first-order chi connectivity index (χ1) is 22.4. The van der Waals surface area contributed by atoms with Crippen molar-refractivity contribution in [1.82, 2.24) is 25.1 Å². The number of hydrogen-bond donors (Lipinski definition) is 1. The highest BCUT2D eigenvalue weighted by molar-refractivity contribution is 7.99. The van der Waals surface area contributed by atoms with Crippen molar-refractivity contribution in [3.8, 4) is 17.2 Å². The number of carbonyl (C=O) groups is 2. The van der Waals surface area contributed by atoms with Crippen molar-refractivity contribution in [3.05, 3.63) is 118 Å². The van der Waals surface area contributed by atoms with Crippen molar-refractivity contribution in [1.29, 1.82) is 0 Å². The van der Waals surface area contributed by atoms with E-state index in [-0.39, 0.29) is 29.9 Å². The number of nitrogens with one attached hydrogen (secondary N) is 1. The largest absolute Gasteiger partial charge is 0.497 e. The molecule has 46 heavy (non-hydrogen) atoms. The minimum atomic E-state index is -0.416. The van der Waals surface area contributed by atoms with Crippen LogP contribution in [0.2, 0.25) is 0 Å². The third kappa shape index (κ3) is 6.65. The molecule has 3 heterocycles. The van der Waals surface area contributed by atoms with Gasteiger partial charge < -0.3 is 14.8 Å². The van der Waals surface area contributed by atoms with Crippen LogP contribution in [-0.2, 0) is 11.3 Å². The zero-order chi connectivity index (χ0) is 32.0. The molecule has 6 rings (SSSR count). The van der Waals surface area contributed by atoms with E-state index in [1.807, 2.05) is 60.0 Å². The number of thiophene rings is 1. The van der Waals surface area contributed by atoms with Crippen LogP contribution in [0.15, 0.2) is 101 Å². The molecule has 1 aliphatic heterocycles. The number of para-hydroxylation sites is 2. The summed E-state index contributed by atoms with van der Waals surface area (Å²) in [6, 6.07) is 24.1. The lowest BCUT2D eigenvalue weighted by molar-refractivity contribution is -0.130. The Bertz CT molecular complexity index is 1860. The summed E-state index contributed by atoms with van der Waals surface area (Å²) in [4.78, 5) is 27.1. The number of amides is 2. The summed E-state index contributed by atoms with van der Waals surface area (Å²) in [6.45, 7) is 0.102. The van der Waals surface area contributed by atoms with E-state index >= 15 is 0 Å². The smallest absolute Gasteiger partial charge is 0.261 e. The zero-order valence-corrected chi connectivity index (χ0v) is 26.6. The van der Waals surface area contributed by atoms with Gasteiger partial charge in [0.1, 0.15) is 17.3 Å². The number of hydrogen-bond acceptors (Lipinski definition) is 9. The summed E-state index contributed by atoms with van der Waals surface area (Å²) in [6.07, 6.45) is 0.458. The van der Waals surface area contributed by atoms with E-state index in [0.717, 1.165) is 16.8 Å². The maximum atomic E-state index is 13.8. The molecule has 5 aromatic rings. The Balaban J connectivity index is 1.27. The summed E-state index contributed by atoms with van der Waals surface area (Å²) in [5.41, 5.74) is 3.03. The van der Waals surface area contributed by atoms with Gasteiger partial charge in [-0.3, -0.25) is 14.2 Å².